The third kappa shape index (κ3) is 2.68. The largest absolute Gasteiger partial charge is 0.373 e. The van der Waals surface area contributed by atoms with Crippen LogP contribution in [0.25, 0.3) is 0 Å². The van der Waals surface area contributed by atoms with E-state index in [-0.39, 0.29) is 23.4 Å². The second-order valence-electron chi connectivity index (χ2n) is 6.18. The molecule has 114 valence electrons. The molecule has 2 saturated heterocycles. The Hall–Kier alpha value is -1.46. The maximum atomic E-state index is 14.1. The molecule has 1 aromatic rings. The zero-order chi connectivity index (χ0) is 15.0. The molecule has 2 fully saturated rings. The topological polar surface area (TPSA) is 41.6 Å². The highest BCUT2D eigenvalue weighted by Gasteiger charge is 2.43. The Labute approximate surface area is 124 Å². The number of hydrogen-bond donors (Lipinski definition) is 1. The molecule has 2 heterocycles. The number of amides is 1. The molecule has 0 spiro atoms. The summed E-state index contributed by atoms with van der Waals surface area (Å²) in [5.41, 5.74) is 0.182. The van der Waals surface area contributed by atoms with E-state index < -0.39 is 6.17 Å². The summed E-state index contributed by atoms with van der Waals surface area (Å²) in [6, 6.07) is 6.30. The van der Waals surface area contributed by atoms with Crippen LogP contribution in [0.5, 0.6) is 0 Å². The summed E-state index contributed by atoms with van der Waals surface area (Å²) >= 11 is 0. The standard InChI is InChI=1S/C16H21FN2O2/c1-11-15(20)19(10-16(2)8-5-9-21-16)14(18-11)12-6-3-4-7-13(12)17/h3-4,6-7,11,14,18H,5,8-10H2,1-2H3. The maximum Gasteiger partial charge on any atom is 0.241 e. The molecule has 3 rings (SSSR count). The molecule has 3 unspecified atom stereocenters. The smallest absolute Gasteiger partial charge is 0.241 e. The number of carbonyl (C=O) groups is 1. The van der Waals surface area contributed by atoms with Crippen LogP contribution in [0.4, 0.5) is 4.39 Å². The van der Waals surface area contributed by atoms with Crippen molar-refractivity contribution < 1.29 is 13.9 Å². The Morgan fingerprint density at radius 1 is 1.48 bits per heavy atom. The predicted octanol–water partition coefficient (Wildman–Crippen LogP) is 2.21. The summed E-state index contributed by atoms with van der Waals surface area (Å²) in [5.74, 6) is -0.292. The number of carbonyl (C=O) groups excluding carboxylic acids is 1. The lowest BCUT2D eigenvalue weighted by Crippen LogP contribution is -2.43. The molecule has 1 N–H and O–H groups in total. The van der Waals surface area contributed by atoms with Crippen LogP contribution in [-0.4, -0.2) is 35.6 Å². The number of hydrogen-bond acceptors (Lipinski definition) is 3. The summed E-state index contributed by atoms with van der Waals surface area (Å²) in [6.07, 6.45) is 1.51. The number of halogens is 1. The van der Waals surface area contributed by atoms with Gasteiger partial charge in [-0.1, -0.05) is 18.2 Å². The highest BCUT2D eigenvalue weighted by Crippen LogP contribution is 2.33. The Morgan fingerprint density at radius 2 is 2.24 bits per heavy atom. The third-order valence-electron chi connectivity index (χ3n) is 4.38. The van der Waals surface area contributed by atoms with Crippen molar-refractivity contribution in [2.24, 2.45) is 0 Å². The van der Waals surface area contributed by atoms with Crippen LogP contribution in [0.2, 0.25) is 0 Å². The van der Waals surface area contributed by atoms with Crippen molar-refractivity contribution in [2.45, 2.75) is 44.5 Å². The van der Waals surface area contributed by atoms with Gasteiger partial charge in [-0.3, -0.25) is 10.1 Å². The predicted molar refractivity (Wildman–Crippen MR) is 77.0 cm³/mol. The number of ether oxygens (including phenoxy) is 1. The SMILES string of the molecule is CC1NC(c2ccccc2F)N(CC2(C)CCCO2)C1=O. The second kappa shape index (κ2) is 5.39. The Morgan fingerprint density at radius 3 is 2.90 bits per heavy atom. The Kier molecular flexibility index (Phi) is 3.71. The van der Waals surface area contributed by atoms with Crippen LogP contribution < -0.4 is 5.32 Å². The summed E-state index contributed by atoms with van der Waals surface area (Å²) in [7, 11) is 0. The first-order chi connectivity index (χ1) is 10.0. The van der Waals surface area contributed by atoms with E-state index in [1.165, 1.54) is 6.07 Å². The lowest BCUT2D eigenvalue weighted by molar-refractivity contribution is -0.133. The normalized spacial score (nSPS) is 32.9. The Bertz CT molecular complexity index is 543. The van der Waals surface area contributed by atoms with E-state index in [9.17, 15) is 9.18 Å². The van der Waals surface area contributed by atoms with Crippen molar-refractivity contribution in [3.8, 4) is 0 Å². The van der Waals surface area contributed by atoms with E-state index in [1.54, 1.807) is 23.1 Å². The van der Waals surface area contributed by atoms with Crippen LogP contribution in [0.15, 0.2) is 24.3 Å². The molecule has 1 aromatic carbocycles. The van der Waals surface area contributed by atoms with Crippen LogP contribution in [-0.2, 0) is 9.53 Å². The van der Waals surface area contributed by atoms with Crippen molar-refractivity contribution in [1.82, 2.24) is 10.2 Å². The first-order valence-electron chi connectivity index (χ1n) is 7.45. The molecule has 0 aliphatic carbocycles. The highest BCUT2D eigenvalue weighted by molar-refractivity contribution is 5.84. The second-order valence-corrected chi connectivity index (χ2v) is 6.18. The number of benzene rings is 1. The molecule has 1 amide bonds. The fraction of sp³-hybridized carbons (Fsp3) is 0.562. The minimum absolute atomic E-state index is 0.0000203. The number of nitrogens with zero attached hydrogens (tertiary/aromatic N) is 1. The minimum Gasteiger partial charge on any atom is -0.373 e. The average Bonchev–Trinajstić information content (AvgIpc) is 2.99. The van der Waals surface area contributed by atoms with Crippen LogP contribution in [0.3, 0.4) is 0 Å². The molecule has 5 heteroatoms. The van der Waals surface area contributed by atoms with E-state index in [1.807, 2.05) is 13.8 Å². The lowest BCUT2D eigenvalue weighted by Gasteiger charge is -2.33. The third-order valence-corrected chi connectivity index (χ3v) is 4.38. The van der Waals surface area contributed by atoms with E-state index in [2.05, 4.69) is 5.32 Å². The summed E-state index contributed by atoms with van der Waals surface area (Å²) in [6.45, 7) is 5.05. The van der Waals surface area contributed by atoms with Crippen molar-refractivity contribution in [1.29, 1.82) is 0 Å². The zero-order valence-electron chi connectivity index (χ0n) is 12.4. The van der Waals surface area contributed by atoms with Gasteiger partial charge < -0.3 is 9.64 Å². The van der Waals surface area contributed by atoms with Gasteiger partial charge in [-0.25, -0.2) is 4.39 Å². The van der Waals surface area contributed by atoms with Gasteiger partial charge in [-0.2, -0.15) is 0 Å². The minimum atomic E-state index is -0.422. The van der Waals surface area contributed by atoms with Gasteiger partial charge in [0.05, 0.1) is 18.2 Å². The van der Waals surface area contributed by atoms with Crippen LogP contribution >= 0.6 is 0 Å². The quantitative estimate of drug-likeness (QED) is 0.929. The molecule has 21 heavy (non-hydrogen) atoms. The van der Waals surface area contributed by atoms with Gasteiger partial charge in [-0.05, 0) is 32.8 Å². The van der Waals surface area contributed by atoms with Gasteiger partial charge in [0.25, 0.3) is 0 Å². The molecule has 2 aliphatic rings. The molecule has 3 atom stereocenters. The number of rotatable bonds is 3. The van der Waals surface area contributed by atoms with E-state index in [0.29, 0.717) is 12.1 Å². The van der Waals surface area contributed by atoms with Crippen molar-refractivity contribution in [3.05, 3.63) is 35.6 Å². The first-order valence-corrected chi connectivity index (χ1v) is 7.45. The highest BCUT2D eigenvalue weighted by atomic mass is 19.1. The van der Waals surface area contributed by atoms with Crippen LogP contribution in [0, 0.1) is 5.82 Å². The summed E-state index contributed by atoms with van der Waals surface area (Å²) in [4.78, 5) is 14.1. The van der Waals surface area contributed by atoms with Crippen molar-refractivity contribution in [3.63, 3.8) is 0 Å². The van der Waals surface area contributed by atoms with E-state index >= 15 is 0 Å². The van der Waals surface area contributed by atoms with Gasteiger partial charge in [0, 0.05) is 12.2 Å². The summed E-state index contributed by atoms with van der Waals surface area (Å²) in [5, 5.41) is 3.18. The molecule has 0 radical (unpaired) electrons. The summed E-state index contributed by atoms with van der Waals surface area (Å²) < 4.78 is 19.9. The number of nitrogens with one attached hydrogen (secondary N) is 1. The lowest BCUT2D eigenvalue weighted by atomic mass is 10.0. The Balaban J connectivity index is 1.88. The zero-order valence-corrected chi connectivity index (χ0v) is 12.4. The van der Waals surface area contributed by atoms with Gasteiger partial charge in [0.2, 0.25) is 5.91 Å². The molecular weight excluding hydrogens is 271 g/mol. The molecule has 2 aliphatic heterocycles. The van der Waals surface area contributed by atoms with E-state index in [4.69, 9.17) is 4.74 Å². The van der Waals surface area contributed by atoms with Gasteiger partial charge in [0.1, 0.15) is 12.0 Å². The molecular formula is C16H21FN2O2. The fourth-order valence-electron chi connectivity index (χ4n) is 3.22. The molecule has 0 aromatic heterocycles. The molecule has 4 nitrogen and oxygen atoms in total. The van der Waals surface area contributed by atoms with Crippen molar-refractivity contribution in [2.75, 3.05) is 13.2 Å². The molecule has 0 saturated carbocycles. The van der Waals surface area contributed by atoms with Gasteiger partial charge in [0.15, 0.2) is 0 Å². The van der Waals surface area contributed by atoms with Gasteiger partial charge in [-0.15, -0.1) is 0 Å². The monoisotopic (exact) mass is 292 g/mol. The van der Waals surface area contributed by atoms with Crippen LogP contribution in [0.1, 0.15) is 38.4 Å². The van der Waals surface area contributed by atoms with E-state index in [0.717, 1.165) is 19.4 Å². The van der Waals surface area contributed by atoms with Gasteiger partial charge >= 0.3 is 0 Å². The maximum absolute atomic E-state index is 14.1. The average molecular weight is 292 g/mol. The fourth-order valence-corrected chi connectivity index (χ4v) is 3.22. The molecule has 0 bridgehead atoms. The van der Waals surface area contributed by atoms with Crippen molar-refractivity contribution >= 4 is 5.91 Å². The first kappa shape index (κ1) is 14.5.